The van der Waals surface area contributed by atoms with Crippen LogP contribution in [0.5, 0.6) is 0 Å². The van der Waals surface area contributed by atoms with E-state index in [0.717, 1.165) is 13.0 Å². The van der Waals surface area contributed by atoms with Gasteiger partial charge in [-0.2, -0.15) is 0 Å². The Labute approximate surface area is 106 Å². The van der Waals surface area contributed by atoms with E-state index in [9.17, 15) is 4.79 Å². The second-order valence-corrected chi connectivity index (χ2v) is 7.17. The summed E-state index contributed by atoms with van der Waals surface area (Å²) in [6.07, 6.45) is 0.997. The van der Waals surface area contributed by atoms with E-state index in [2.05, 4.69) is 46.4 Å². The van der Waals surface area contributed by atoms with Gasteiger partial charge in [0.15, 0.2) is 0 Å². The average Bonchev–Trinajstić information content (AvgIpc) is 2.44. The SMILES string of the molecule is CC(=O)OC1CC(C(C)(C)C)N(C(C)(C)C)C1. The minimum absolute atomic E-state index is 0.0518. The van der Waals surface area contributed by atoms with Crippen LogP contribution in [0.2, 0.25) is 0 Å². The number of rotatable bonds is 1. The monoisotopic (exact) mass is 241 g/mol. The van der Waals surface area contributed by atoms with Gasteiger partial charge in [0.05, 0.1) is 0 Å². The molecule has 1 aliphatic heterocycles. The van der Waals surface area contributed by atoms with Gasteiger partial charge in [-0.05, 0) is 26.2 Å². The summed E-state index contributed by atoms with van der Waals surface area (Å²) < 4.78 is 5.38. The highest BCUT2D eigenvalue weighted by atomic mass is 16.5. The molecule has 17 heavy (non-hydrogen) atoms. The molecular weight excluding hydrogens is 214 g/mol. The Morgan fingerprint density at radius 3 is 2.00 bits per heavy atom. The molecule has 3 nitrogen and oxygen atoms in total. The van der Waals surface area contributed by atoms with Crippen LogP contribution in [0.3, 0.4) is 0 Å². The summed E-state index contributed by atoms with van der Waals surface area (Å²) in [4.78, 5) is 13.5. The summed E-state index contributed by atoms with van der Waals surface area (Å²) in [5.74, 6) is -0.168. The first kappa shape index (κ1) is 14.5. The molecule has 3 heteroatoms. The van der Waals surface area contributed by atoms with Crippen molar-refractivity contribution < 1.29 is 9.53 Å². The summed E-state index contributed by atoms with van der Waals surface area (Å²) >= 11 is 0. The Morgan fingerprint density at radius 1 is 1.18 bits per heavy atom. The van der Waals surface area contributed by atoms with E-state index in [1.807, 2.05) is 0 Å². The van der Waals surface area contributed by atoms with Crippen molar-refractivity contribution in [1.82, 2.24) is 4.90 Å². The van der Waals surface area contributed by atoms with Crippen LogP contribution in [0.1, 0.15) is 54.9 Å². The van der Waals surface area contributed by atoms with Crippen LogP contribution >= 0.6 is 0 Å². The highest BCUT2D eigenvalue weighted by molar-refractivity contribution is 5.66. The predicted octanol–water partition coefficient (Wildman–Crippen LogP) is 2.84. The van der Waals surface area contributed by atoms with Gasteiger partial charge in [-0.3, -0.25) is 9.69 Å². The third kappa shape index (κ3) is 3.70. The maximum absolute atomic E-state index is 11.1. The fourth-order valence-corrected chi connectivity index (χ4v) is 2.68. The van der Waals surface area contributed by atoms with Crippen molar-refractivity contribution in [1.29, 1.82) is 0 Å². The molecule has 0 aliphatic carbocycles. The van der Waals surface area contributed by atoms with E-state index in [1.54, 1.807) is 0 Å². The largest absolute Gasteiger partial charge is 0.461 e. The highest BCUT2D eigenvalue weighted by Gasteiger charge is 2.44. The lowest BCUT2D eigenvalue weighted by molar-refractivity contribution is -0.145. The number of carbonyl (C=O) groups is 1. The second kappa shape index (κ2) is 4.60. The average molecular weight is 241 g/mol. The van der Waals surface area contributed by atoms with E-state index in [4.69, 9.17) is 4.74 Å². The Morgan fingerprint density at radius 2 is 1.71 bits per heavy atom. The van der Waals surface area contributed by atoms with Gasteiger partial charge in [-0.1, -0.05) is 20.8 Å². The number of hydrogen-bond donors (Lipinski definition) is 0. The lowest BCUT2D eigenvalue weighted by Gasteiger charge is -2.42. The Bertz CT molecular complexity index is 264. The van der Waals surface area contributed by atoms with Gasteiger partial charge in [-0.25, -0.2) is 0 Å². The first-order valence-corrected chi connectivity index (χ1v) is 6.46. The molecule has 1 saturated heterocycles. The highest BCUT2D eigenvalue weighted by Crippen LogP contribution is 2.38. The van der Waals surface area contributed by atoms with Crippen LogP contribution in [-0.4, -0.2) is 35.1 Å². The van der Waals surface area contributed by atoms with Gasteiger partial charge in [0.25, 0.3) is 0 Å². The lowest BCUT2D eigenvalue weighted by atomic mass is 9.83. The Kier molecular flexibility index (Phi) is 3.92. The Balaban J connectivity index is 2.84. The molecule has 0 bridgehead atoms. The van der Waals surface area contributed by atoms with Crippen molar-refractivity contribution in [2.45, 2.75) is 72.6 Å². The summed E-state index contributed by atoms with van der Waals surface area (Å²) in [5.41, 5.74) is 0.328. The maximum Gasteiger partial charge on any atom is 0.302 e. The molecule has 0 amide bonds. The third-order valence-electron chi connectivity index (χ3n) is 3.46. The quantitative estimate of drug-likeness (QED) is 0.661. The van der Waals surface area contributed by atoms with Crippen LogP contribution in [0.25, 0.3) is 0 Å². The molecular formula is C14H27NO2. The number of carbonyl (C=O) groups excluding carboxylic acids is 1. The molecule has 0 aromatic rings. The maximum atomic E-state index is 11.1. The molecule has 0 aromatic carbocycles. The normalized spacial score (nSPS) is 27.2. The molecule has 0 N–H and O–H groups in total. The molecule has 1 rings (SSSR count). The van der Waals surface area contributed by atoms with E-state index < -0.39 is 0 Å². The Hall–Kier alpha value is -0.570. The molecule has 0 aromatic heterocycles. The summed E-state index contributed by atoms with van der Waals surface area (Å²) in [6.45, 7) is 15.8. The number of nitrogens with zero attached hydrogens (tertiary/aromatic N) is 1. The van der Waals surface area contributed by atoms with Crippen LogP contribution < -0.4 is 0 Å². The van der Waals surface area contributed by atoms with Gasteiger partial charge < -0.3 is 4.74 Å². The minimum atomic E-state index is -0.168. The fraction of sp³-hybridized carbons (Fsp3) is 0.929. The van der Waals surface area contributed by atoms with Crippen molar-refractivity contribution in [3.8, 4) is 0 Å². The van der Waals surface area contributed by atoms with Crippen molar-refractivity contribution in [2.24, 2.45) is 5.41 Å². The van der Waals surface area contributed by atoms with Crippen LogP contribution in [0, 0.1) is 5.41 Å². The van der Waals surface area contributed by atoms with Crippen molar-refractivity contribution >= 4 is 5.97 Å². The van der Waals surface area contributed by atoms with Crippen molar-refractivity contribution in [2.75, 3.05) is 6.54 Å². The number of hydrogen-bond acceptors (Lipinski definition) is 3. The zero-order chi connectivity index (χ0) is 13.4. The van der Waals surface area contributed by atoms with Crippen LogP contribution in [0.15, 0.2) is 0 Å². The smallest absolute Gasteiger partial charge is 0.302 e. The standard InChI is InChI=1S/C14H27NO2/c1-10(16)17-11-8-12(13(2,3)4)15(9-11)14(5,6)7/h11-12H,8-9H2,1-7H3. The molecule has 1 aliphatic rings. The summed E-state index contributed by atoms with van der Waals surface area (Å²) in [6, 6.07) is 0.465. The second-order valence-electron chi connectivity index (χ2n) is 7.17. The predicted molar refractivity (Wildman–Crippen MR) is 69.9 cm³/mol. The molecule has 2 unspecified atom stereocenters. The fourth-order valence-electron chi connectivity index (χ4n) is 2.68. The van der Waals surface area contributed by atoms with Gasteiger partial charge in [0.1, 0.15) is 6.10 Å². The van der Waals surface area contributed by atoms with E-state index >= 15 is 0 Å². The van der Waals surface area contributed by atoms with Crippen molar-refractivity contribution in [3.05, 3.63) is 0 Å². The van der Waals surface area contributed by atoms with Crippen molar-refractivity contribution in [3.63, 3.8) is 0 Å². The molecule has 0 saturated carbocycles. The van der Waals surface area contributed by atoms with E-state index in [-0.39, 0.29) is 23.0 Å². The van der Waals surface area contributed by atoms with Gasteiger partial charge in [0, 0.05) is 31.5 Å². The topological polar surface area (TPSA) is 29.5 Å². The van der Waals surface area contributed by atoms with Crippen LogP contribution in [-0.2, 0) is 9.53 Å². The zero-order valence-electron chi connectivity index (χ0n) is 12.3. The first-order valence-electron chi connectivity index (χ1n) is 6.46. The number of likely N-dealkylation sites (tertiary alicyclic amines) is 1. The van der Waals surface area contributed by atoms with Gasteiger partial charge in [0.2, 0.25) is 0 Å². The summed E-state index contributed by atoms with van der Waals surface area (Å²) in [7, 11) is 0. The molecule has 1 fully saturated rings. The number of ether oxygens (including phenoxy) is 1. The molecule has 0 radical (unpaired) electrons. The molecule has 0 spiro atoms. The molecule has 2 atom stereocenters. The van der Waals surface area contributed by atoms with E-state index in [0.29, 0.717) is 6.04 Å². The minimum Gasteiger partial charge on any atom is -0.461 e. The van der Waals surface area contributed by atoms with Gasteiger partial charge in [-0.15, -0.1) is 0 Å². The van der Waals surface area contributed by atoms with Gasteiger partial charge >= 0.3 is 5.97 Å². The molecule has 1 heterocycles. The molecule has 100 valence electrons. The lowest BCUT2D eigenvalue weighted by Crippen LogP contribution is -2.49. The first-order chi connectivity index (χ1) is 7.51. The summed E-state index contributed by atoms with van der Waals surface area (Å²) in [5, 5.41) is 0. The number of esters is 1. The zero-order valence-corrected chi connectivity index (χ0v) is 12.3. The van der Waals surface area contributed by atoms with Crippen LogP contribution in [0.4, 0.5) is 0 Å². The van der Waals surface area contributed by atoms with E-state index in [1.165, 1.54) is 6.92 Å². The third-order valence-corrected chi connectivity index (χ3v) is 3.46.